The number of hydrogen-bond donors (Lipinski definition) is 1. The van der Waals surface area contributed by atoms with Crippen LogP contribution >= 0.6 is 0 Å². The van der Waals surface area contributed by atoms with Gasteiger partial charge in [0.05, 0.1) is 31.1 Å². The van der Waals surface area contributed by atoms with Crippen molar-refractivity contribution in [2.24, 2.45) is 0 Å². The molecular weight excluding hydrogens is 316 g/mol. The molecule has 0 atom stereocenters. The van der Waals surface area contributed by atoms with Crippen molar-refractivity contribution >= 4 is 11.4 Å². The molecule has 3 rings (SSSR count). The van der Waals surface area contributed by atoms with Crippen LogP contribution in [0.4, 0.5) is 11.4 Å². The minimum Gasteiger partial charge on any atom is -0.495 e. The van der Waals surface area contributed by atoms with Crippen LogP contribution in [0.1, 0.15) is 39.5 Å². The van der Waals surface area contributed by atoms with E-state index in [1.165, 1.54) is 5.69 Å². The maximum Gasteiger partial charge on any atom is 0.144 e. The summed E-state index contributed by atoms with van der Waals surface area (Å²) in [6.45, 7) is 6.85. The molecular formula is C20H32N2O3. The molecule has 25 heavy (non-hydrogen) atoms. The van der Waals surface area contributed by atoms with Gasteiger partial charge in [-0.3, -0.25) is 0 Å². The van der Waals surface area contributed by atoms with Crippen LogP contribution in [0.15, 0.2) is 18.2 Å². The van der Waals surface area contributed by atoms with E-state index in [2.05, 4.69) is 42.3 Å². The van der Waals surface area contributed by atoms with E-state index in [9.17, 15) is 0 Å². The maximum absolute atomic E-state index is 5.82. The van der Waals surface area contributed by atoms with Crippen molar-refractivity contribution in [3.8, 4) is 5.75 Å². The fraction of sp³-hybridized carbons (Fsp3) is 0.700. The van der Waals surface area contributed by atoms with Gasteiger partial charge in [-0.1, -0.05) is 0 Å². The molecule has 0 unspecified atom stereocenters. The lowest BCUT2D eigenvalue weighted by Gasteiger charge is -2.39. The third-order valence-corrected chi connectivity index (χ3v) is 5.34. The Labute approximate surface area is 151 Å². The van der Waals surface area contributed by atoms with Gasteiger partial charge in [-0.05, 0) is 51.7 Å². The van der Waals surface area contributed by atoms with Gasteiger partial charge in [-0.15, -0.1) is 0 Å². The van der Waals surface area contributed by atoms with Crippen molar-refractivity contribution in [1.29, 1.82) is 0 Å². The van der Waals surface area contributed by atoms with Crippen molar-refractivity contribution in [3.05, 3.63) is 18.2 Å². The van der Waals surface area contributed by atoms with Gasteiger partial charge in [0.1, 0.15) is 5.75 Å². The summed E-state index contributed by atoms with van der Waals surface area (Å²) < 4.78 is 17.0. The molecule has 0 radical (unpaired) electrons. The van der Waals surface area contributed by atoms with Crippen molar-refractivity contribution < 1.29 is 14.2 Å². The average molecular weight is 348 g/mol. The summed E-state index contributed by atoms with van der Waals surface area (Å²) in [7, 11) is 3.56. The molecule has 0 spiro atoms. The summed E-state index contributed by atoms with van der Waals surface area (Å²) in [5.74, 6) is 0.913. The van der Waals surface area contributed by atoms with Crippen LogP contribution < -0.4 is 15.0 Å². The first kappa shape index (κ1) is 18.3. The molecule has 0 amide bonds. The zero-order chi connectivity index (χ0) is 17.9. The highest BCUT2D eigenvalue weighted by atomic mass is 16.5. The summed E-state index contributed by atoms with van der Waals surface area (Å²) in [5.41, 5.74) is 2.17. The number of anilines is 2. The van der Waals surface area contributed by atoms with Gasteiger partial charge in [-0.25, -0.2) is 0 Å². The van der Waals surface area contributed by atoms with Crippen LogP contribution in [0.3, 0.4) is 0 Å². The molecule has 1 aromatic rings. The van der Waals surface area contributed by atoms with E-state index in [4.69, 9.17) is 14.2 Å². The predicted molar refractivity (Wildman–Crippen MR) is 102 cm³/mol. The predicted octanol–water partition coefficient (Wildman–Crippen LogP) is 3.68. The van der Waals surface area contributed by atoms with E-state index in [1.54, 1.807) is 7.11 Å². The van der Waals surface area contributed by atoms with Gasteiger partial charge in [0.25, 0.3) is 0 Å². The molecule has 2 aliphatic rings. The van der Waals surface area contributed by atoms with Gasteiger partial charge in [0.15, 0.2) is 0 Å². The van der Waals surface area contributed by atoms with Crippen molar-refractivity contribution in [2.45, 2.75) is 57.3 Å². The average Bonchev–Trinajstić information content (AvgIpc) is 2.62. The van der Waals surface area contributed by atoms with E-state index in [1.807, 2.05) is 7.11 Å². The Morgan fingerprint density at radius 3 is 2.56 bits per heavy atom. The molecule has 1 saturated heterocycles. The SMILES string of the molecule is COc1cc(N2CCOC(C)(C)C2)ccc1NC1CCC(OC)CC1. The van der Waals surface area contributed by atoms with Crippen molar-refractivity contribution in [1.82, 2.24) is 0 Å². The highest BCUT2D eigenvalue weighted by molar-refractivity contribution is 5.65. The highest BCUT2D eigenvalue weighted by Crippen LogP contribution is 2.34. The van der Waals surface area contributed by atoms with Crippen LogP contribution in [0.25, 0.3) is 0 Å². The first-order chi connectivity index (χ1) is 12.0. The number of rotatable bonds is 5. The minimum absolute atomic E-state index is 0.109. The molecule has 1 aliphatic heterocycles. The second-order valence-electron chi connectivity index (χ2n) is 7.77. The van der Waals surface area contributed by atoms with E-state index >= 15 is 0 Å². The Bertz CT molecular complexity index is 568. The molecule has 1 aliphatic carbocycles. The summed E-state index contributed by atoms with van der Waals surface area (Å²) in [6, 6.07) is 6.98. The lowest BCUT2D eigenvalue weighted by Crippen LogP contribution is -2.48. The third kappa shape index (κ3) is 4.59. The van der Waals surface area contributed by atoms with E-state index in [0.717, 1.165) is 56.8 Å². The van der Waals surface area contributed by atoms with Crippen LogP contribution in [0.2, 0.25) is 0 Å². The van der Waals surface area contributed by atoms with Gasteiger partial charge in [0.2, 0.25) is 0 Å². The van der Waals surface area contributed by atoms with Gasteiger partial charge in [-0.2, -0.15) is 0 Å². The first-order valence-electron chi connectivity index (χ1n) is 9.37. The lowest BCUT2D eigenvalue weighted by atomic mass is 9.93. The molecule has 1 N–H and O–H groups in total. The number of ether oxygens (including phenoxy) is 3. The number of nitrogens with one attached hydrogen (secondary N) is 1. The van der Waals surface area contributed by atoms with Gasteiger partial charge < -0.3 is 24.4 Å². The third-order valence-electron chi connectivity index (χ3n) is 5.34. The standard InChI is InChI=1S/C20H32N2O3/c1-20(2)14-22(11-12-25-20)16-7-10-18(19(13-16)24-4)21-15-5-8-17(23-3)9-6-15/h7,10,13,15,17,21H,5-6,8-9,11-12,14H2,1-4H3. The topological polar surface area (TPSA) is 43.0 Å². The Morgan fingerprint density at radius 1 is 1.16 bits per heavy atom. The number of benzene rings is 1. The summed E-state index contributed by atoms with van der Waals surface area (Å²) >= 11 is 0. The van der Waals surface area contributed by atoms with Gasteiger partial charge in [0, 0.05) is 38.0 Å². The minimum atomic E-state index is -0.109. The Morgan fingerprint density at radius 2 is 1.92 bits per heavy atom. The molecule has 1 heterocycles. The largest absolute Gasteiger partial charge is 0.495 e. The van der Waals surface area contributed by atoms with Crippen LogP contribution in [-0.2, 0) is 9.47 Å². The zero-order valence-electron chi connectivity index (χ0n) is 16.0. The lowest BCUT2D eigenvalue weighted by molar-refractivity contribution is -0.0277. The summed E-state index contributed by atoms with van der Waals surface area (Å²) in [5, 5.41) is 3.67. The number of hydrogen-bond acceptors (Lipinski definition) is 5. The monoisotopic (exact) mass is 348 g/mol. The highest BCUT2D eigenvalue weighted by Gasteiger charge is 2.28. The second kappa shape index (κ2) is 7.83. The fourth-order valence-electron chi connectivity index (χ4n) is 3.90. The van der Waals surface area contributed by atoms with E-state index in [-0.39, 0.29) is 5.60 Å². The molecule has 0 aromatic heterocycles. The van der Waals surface area contributed by atoms with Crippen LogP contribution in [0.5, 0.6) is 5.75 Å². The van der Waals surface area contributed by atoms with Crippen LogP contribution in [0, 0.1) is 0 Å². The molecule has 1 saturated carbocycles. The molecule has 0 bridgehead atoms. The van der Waals surface area contributed by atoms with Crippen LogP contribution in [-0.4, -0.2) is 51.7 Å². The second-order valence-corrected chi connectivity index (χ2v) is 7.77. The Kier molecular flexibility index (Phi) is 5.74. The molecule has 5 heteroatoms. The quantitative estimate of drug-likeness (QED) is 0.879. The Balaban J connectivity index is 1.67. The smallest absolute Gasteiger partial charge is 0.144 e. The molecule has 1 aromatic carbocycles. The zero-order valence-corrected chi connectivity index (χ0v) is 16.0. The number of morpholine rings is 1. The molecule has 140 valence electrons. The first-order valence-corrected chi connectivity index (χ1v) is 9.37. The number of nitrogens with zero attached hydrogens (tertiary/aromatic N) is 1. The van der Waals surface area contributed by atoms with Crippen molar-refractivity contribution in [2.75, 3.05) is 44.1 Å². The normalized spacial score (nSPS) is 26.3. The fourth-order valence-corrected chi connectivity index (χ4v) is 3.90. The molecule has 2 fully saturated rings. The van der Waals surface area contributed by atoms with E-state index in [0.29, 0.717) is 12.1 Å². The van der Waals surface area contributed by atoms with E-state index < -0.39 is 0 Å². The van der Waals surface area contributed by atoms with Crippen molar-refractivity contribution in [3.63, 3.8) is 0 Å². The number of methoxy groups -OCH3 is 2. The molecule has 5 nitrogen and oxygen atoms in total. The summed E-state index contributed by atoms with van der Waals surface area (Å²) in [4.78, 5) is 2.37. The summed E-state index contributed by atoms with van der Waals surface area (Å²) in [6.07, 6.45) is 4.95. The maximum atomic E-state index is 5.82. The van der Waals surface area contributed by atoms with Gasteiger partial charge >= 0.3 is 0 Å². The Hall–Kier alpha value is -1.46.